The van der Waals surface area contributed by atoms with Gasteiger partial charge in [0.1, 0.15) is 17.7 Å². The predicted molar refractivity (Wildman–Crippen MR) is 137 cm³/mol. The van der Waals surface area contributed by atoms with Crippen molar-refractivity contribution in [2.45, 2.75) is 37.6 Å². The van der Waals surface area contributed by atoms with Crippen molar-refractivity contribution in [3.8, 4) is 0 Å². The number of piperazine rings is 1. The molecule has 2 aliphatic rings. The molecule has 38 heavy (non-hydrogen) atoms. The lowest BCUT2D eigenvalue weighted by molar-refractivity contribution is -0.141. The van der Waals surface area contributed by atoms with Crippen molar-refractivity contribution < 1.29 is 28.3 Å². The second-order valence-corrected chi connectivity index (χ2v) is 9.75. The molecule has 0 spiro atoms. The molecule has 2 saturated heterocycles. The Kier molecular flexibility index (Phi) is 8.85. The average molecular weight is 527 g/mol. The number of carbonyl (C=O) groups excluding carboxylic acids is 3. The first-order chi connectivity index (χ1) is 18.2. The Morgan fingerprint density at radius 2 is 1.84 bits per heavy atom. The van der Waals surface area contributed by atoms with Crippen LogP contribution in [0, 0.1) is 17.6 Å². The van der Waals surface area contributed by atoms with Gasteiger partial charge in [-0.1, -0.05) is 36.4 Å². The maximum atomic E-state index is 13.9. The molecule has 2 heterocycles. The summed E-state index contributed by atoms with van der Waals surface area (Å²) in [5.74, 6) is -3.24. The van der Waals surface area contributed by atoms with E-state index in [1.807, 2.05) is 30.3 Å². The Balaban J connectivity index is 1.52. The number of aliphatic hydroxyl groups is 1. The number of hydrogen-bond acceptors (Lipinski definition) is 5. The monoisotopic (exact) mass is 526 g/mol. The summed E-state index contributed by atoms with van der Waals surface area (Å²) in [6.45, 7) is 5.35. The Morgan fingerprint density at radius 1 is 1.13 bits per heavy atom. The van der Waals surface area contributed by atoms with E-state index in [0.29, 0.717) is 26.2 Å². The van der Waals surface area contributed by atoms with Crippen molar-refractivity contribution >= 4 is 17.7 Å². The second-order valence-electron chi connectivity index (χ2n) is 9.75. The Labute approximate surface area is 220 Å². The molecule has 8 nitrogen and oxygen atoms in total. The molecule has 0 saturated carbocycles. The van der Waals surface area contributed by atoms with Crippen molar-refractivity contribution in [2.75, 3.05) is 26.2 Å². The zero-order chi connectivity index (χ0) is 27.2. The van der Waals surface area contributed by atoms with E-state index in [1.54, 1.807) is 11.0 Å². The van der Waals surface area contributed by atoms with Crippen molar-refractivity contribution in [3.05, 3.63) is 83.9 Å². The van der Waals surface area contributed by atoms with E-state index < -0.39 is 41.6 Å². The van der Waals surface area contributed by atoms with Gasteiger partial charge in [-0.15, -0.1) is 6.58 Å². The molecule has 10 heteroatoms. The minimum atomic E-state index is -1.40. The largest absolute Gasteiger partial charge is 0.389 e. The summed E-state index contributed by atoms with van der Waals surface area (Å²) in [6.07, 6.45) is 0.0496. The van der Waals surface area contributed by atoms with E-state index in [1.165, 1.54) is 4.90 Å². The normalized spacial score (nSPS) is 21.3. The van der Waals surface area contributed by atoms with Crippen molar-refractivity contribution in [2.24, 2.45) is 5.92 Å². The van der Waals surface area contributed by atoms with Gasteiger partial charge in [0.15, 0.2) is 0 Å². The van der Waals surface area contributed by atoms with Gasteiger partial charge in [0.05, 0.1) is 18.1 Å². The van der Waals surface area contributed by atoms with Gasteiger partial charge in [0, 0.05) is 45.2 Å². The summed E-state index contributed by atoms with van der Waals surface area (Å²) in [4.78, 5) is 41.9. The van der Waals surface area contributed by atoms with Crippen LogP contribution in [0.15, 0.2) is 61.2 Å². The van der Waals surface area contributed by atoms with Crippen LogP contribution in [-0.4, -0.2) is 77.0 Å². The Morgan fingerprint density at radius 3 is 2.53 bits per heavy atom. The van der Waals surface area contributed by atoms with Gasteiger partial charge < -0.3 is 25.5 Å². The highest BCUT2D eigenvalue weighted by Crippen LogP contribution is 2.21. The van der Waals surface area contributed by atoms with Gasteiger partial charge in [-0.25, -0.2) is 8.78 Å². The molecule has 0 bridgehead atoms. The maximum Gasteiger partial charge on any atom is 0.242 e. The van der Waals surface area contributed by atoms with Crippen LogP contribution in [0.3, 0.4) is 0 Å². The molecule has 3 N–H and O–H groups in total. The molecule has 2 aromatic carbocycles. The summed E-state index contributed by atoms with van der Waals surface area (Å²) < 4.78 is 27.8. The molecule has 1 unspecified atom stereocenters. The van der Waals surface area contributed by atoms with Gasteiger partial charge >= 0.3 is 0 Å². The van der Waals surface area contributed by atoms with Crippen LogP contribution in [0.25, 0.3) is 0 Å². The highest BCUT2D eigenvalue weighted by atomic mass is 19.1. The molecule has 2 aliphatic heterocycles. The van der Waals surface area contributed by atoms with Crippen LogP contribution in [0.5, 0.6) is 0 Å². The third kappa shape index (κ3) is 6.62. The van der Waals surface area contributed by atoms with E-state index in [2.05, 4.69) is 17.2 Å². The van der Waals surface area contributed by atoms with Gasteiger partial charge in [-0.2, -0.15) is 0 Å². The number of benzene rings is 2. The fraction of sp³-hybridized carbons (Fsp3) is 0.393. The fourth-order valence-corrected chi connectivity index (χ4v) is 5.03. The molecule has 0 aliphatic carbocycles. The lowest BCUT2D eigenvalue weighted by Gasteiger charge is -2.38. The molecular weight excluding hydrogens is 494 g/mol. The van der Waals surface area contributed by atoms with Crippen LogP contribution in [0.2, 0.25) is 0 Å². The summed E-state index contributed by atoms with van der Waals surface area (Å²) in [5, 5.41) is 17.2. The first-order valence-electron chi connectivity index (χ1n) is 12.6. The molecule has 202 valence electrons. The van der Waals surface area contributed by atoms with Gasteiger partial charge in [0.25, 0.3) is 0 Å². The van der Waals surface area contributed by atoms with Crippen LogP contribution in [0.4, 0.5) is 8.78 Å². The second kappa shape index (κ2) is 12.3. The summed E-state index contributed by atoms with van der Waals surface area (Å²) in [5.41, 5.74) is 1.15. The van der Waals surface area contributed by atoms with E-state index in [0.717, 1.165) is 23.8 Å². The van der Waals surface area contributed by atoms with Crippen LogP contribution < -0.4 is 10.6 Å². The molecule has 3 amide bonds. The molecular formula is C28H32F2N4O4. The Bertz CT molecular complexity index is 1160. The van der Waals surface area contributed by atoms with Gasteiger partial charge in [-0.05, 0) is 29.7 Å². The molecule has 2 aromatic rings. The number of halogens is 2. The van der Waals surface area contributed by atoms with E-state index in [-0.39, 0.29) is 36.8 Å². The first kappa shape index (κ1) is 27.4. The van der Waals surface area contributed by atoms with E-state index >= 15 is 0 Å². The summed E-state index contributed by atoms with van der Waals surface area (Å²) >= 11 is 0. The molecule has 4 atom stereocenters. The predicted octanol–water partition coefficient (Wildman–Crippen LogP) is 1.39. The quantitative estimate of drug-likeness (QED) is 0.406. The number of likely N-dealkylation sites (tertiary alicyclic amines) is 1. The van der Waals surface area contributed by atoms with E-state index in [9.17, 15) is 28.3 Å². The minimum absolute atomic E-state index is 0.00252. The lowest BCUT2D eigenvalue weighted by Crippen LogP contribution is -2.64. The number of nitrogens with one attached hydrogen (secondary N) is 2. The lowest BCUT2D eigenvalue weighted by atomic mass is 9.93. The fourth-order valence-electron chi connectivity index (χ4n) is 5.03. The molecule has 0 radical (unpaired) electrons. The number of amides is 3. The summed E-state index contributed by atoms with van der Waals surface area (Å²) in [6, 6.07) is 10.3. The van der Waals surface area contributed by atoms with Gasteiger partial charge in [-0.3, -0.25) is 14.4 Å². The zero-order valence-electron chi connectivity index (χ0n) is 21.0. The van der Waals surface area contributed by atoms with Crippen molar-refractivity contribution in [1.29, 1.82) is 0 Å². The number of nitrogens with zero attached hydrogens (tertiary/aromatic N) is 2. The zero-order valence-corrected chi connectivity index (χ0v) is 21.0. The van der Waals surface area contributed by atoms with Crippen molar-refractivity contribution in [3.63, 3.8) is 0 Å². The molecule has 2 fully saturated rings. The highest BCUT2D eigenvalue weighted by Gasteiger charge is 2.40. The number of rotatable bonds is 10. The SMILES string of the molecule is C=CCN1CC(C(=O)N[C@@H](Cc2cc(F)cc(F)c2)[C@H](O)[C@@H]2NCCN(Cc3ccccc3)C2=O)CC1=O. The first-order valence-corrected chi connectivity index (χ1v) is 12.6. The number of carbonyl (C=O) groups is 3. The number of aliphatic hydroxyl groups excluding tert-OH is 1. The smallest absolute Gasteiger partial charge is 0.242 e. The molecule has 0 aromatic heterocycles. The third-order valence-electron chi connectivity index (χ3n) is 6.93. The topological polar surface area (TPSA) is 102 Å². The number of hydrogen-bond donors (Lipinski definition) is 3. The van der Waals surface area contributed by atoms with Crippen LogP contribution >= 0.6 is 0 Å². The molecule has 4 rings (SSSR count). The standard InChI is InChI=1S/C28H32F2N4O4/c1-2-9-33-17-20(14-24(33)35)27(37)32-23(13-19-11-21(29)15-22(30)12-19)26(36)25-28(38)34(10-8-31-25)16-18-6-4-3-5-7-18/h2-7,11-12,15,20,23,25-26,31,36H,1,8-10,13-14,16-17H2,(H,32,37)/t20?,23-,25-,26-/m0/s1. The van der Waals surface area contributed by atoms with Crippen LogP contribution in [0.1, 0.15) is 17.5 Å². The minimum Gasteiger partial charge on any atom is -0.389 e. The average Bonchev–Trinajstić information content (AvgIpc) is 3.25. The van der Waals surface area contributed by atoms with Gasteiger partial charge in [0.2, 0.25) is 17.7 Å². The van der Waals surface area contributed by atoms with E-state index in [4.69, 9.17) is 0 Å². The third-order valence-corrected chi connectivity index (χ3v) is 6.93. The van der Waals surface area contributed by atoms with Crippen LogP contribution in [-0.2, 0) is 27.3 Å². The van der Waals surface area contributed by atoms with Crippen molar-refractivity contribution in [1.82, 2.24) is 20.4 Å². The Hall–Kier alpha value is -3.63. The maximum absolute atomic E-state index is 13.9. The summed E-state index contributed by atoms with van der Waals surface area (Å²) in [7, 11) is 0. The highest BCUT2D eigenvalue weighted by molar-refractivity contribution is 5.89.